The molecule has 1 atom stereocenters. The number of aliphatic hydroxyl groups excluding tert-OH is 1. The molecule has 2 N–H and O–H groups in total. The number of hydrogen-bond donors (Lipinski definition) is 2. The lowest BCUT2D eigenvalue weighted by Crippen LogP contribution is -2.44. The molecule has 2 aromatic rings. The fourth-order valence-electron chi connectivity index (χ4n) is 3.05. The van der Waals surface area contributed by atoms with Crippen molar-refractivity contribution in [3.63, 3.8) is 0 Å². The Kier molecular flexibility index (Phi) is 7.82. The lowest BCUT2D eigenvalue weighted by molar-refractivity contribution is 0.170. The summed E-state index contributed by atoms with van der Waals surface area (Å²) in [4.78, 5) is 16.5. The molecule has 1 unspecified atom stereocenters. The summed E-state index contributed by atoms with van der Waals surface area (Å²) in [5, 5.41) is 12.4. The second-order valence-electron chi connectivity index (χ2n) is 7.15. The molecule has 0 aromatic heterocycles. The smallest absolute Gasteiger partial charge is 0.317 e. The van der Waals surface area contributed by atoms with Crippen molar-refractivity contribution >= 4 is 6.03 Å². The van der Waals surface area contributed by atoms with Gasteiger partial charge in [0.15, 0.2) is 0 Å². The number of rotatable bonds is 8. The predicted molar refractivity (Wildman–Crippen MR) is 110 cm³/mol. The Hall–Kier alpha value is -2.37. The fraction of sp³-hybridized carbons (Fsp3) is 0.409. The molecule has 2 amide bonds. The third kappa shape index (κ3) is 6.08. The van der Waals surface area contributed by atoms with Crippen molar-refractivity contribution in [3.8, 4) is 0 Å². The molecule has 0 fully saturated rings. The maximum atomic E-state index is 12.7. The van der Waals surface area contributed by atoms with Crippen LogP contribution in [0.4, 0.5) is 4.79 Å². The van der Waals surface area contributed by atoms with Crippen molar-refractivity contribution in [1.29, 1.82) is 0 Å². The molecule has 5 heteroatoms. The van der Waals surface area contributed by atoms with Crippen LogP contribution in [0, 0.1) is 13.8 Å². The number of carbonyl (C=O) groups is 1. The number of aliphatic hydroxyl groups is 1. The standard InChI is InChI=1S/C22H31N3O2/c1-17-9-11-19(12-10-17)21(24(3)4)15-23-22(27)25(13-14-26)16-20-8-6-5-7-18(20)2/h5-12,21,26H,13-16H2,1-4H3,(H,23,27). The number of benzene rings is 2. The van der Waals surface area contributed by atoms with Crippen LogP contribution in [-0.4, -0.2) is 54.7 Å². The van der Waals surface area contributed by atoms with Gasteiger partial charge in [0.25, 0.3) is 0 Å². The summed E-state index contributed by atoms with van der Waals surface area (Å²) in [6, 6.07) is 16.3. The number of urea groups is 1. The number of amides is 2. The number of nitrogens with zero attached hydrogens (tertiary/aromatic N) is 2. The van der Waals surface area contributed by atoms with Crippen LogP contribution >= 0.6 is 0 Å². The largest absolute Gasteiger partial charge is 0.395 e. The summed E-state index contributed by atoms with van der Waals surface area (Å²) in [7, 11) is 4.02. The summed E-state index contributed by atoms with van der Waals surface area (Å²) < 4.78 is 0. The summed E-state index contributed by atoms with van der Waals surface area (Å²) in [6.07, 6.45) is 0. The van der Waals surface area contributed by atoms with Gasteiger partial charge in [-0.15, -0.1) is 0 Å². The van der Waals surface area contributed by atoms with Gasteiger partial charge in [-0.2, -0.15) is 0 Å². The van der Waals surface area contributed by atoms with Gasteiger partial charge in [-0.3, -0.25) is 0 Å². The first-order valence-electron chi connectivity index (χ1n) is 9.33. The highest BCUT2D eigenvalue weighted by atomic mass is 16.3. The van der Waals surface area contributed by atoms with Gasteiger partial charge >= 0.3 is 6.03 Å². The van der Waals surface area contributed by atoms with Gasteiger partial charge in [0.05, 0.1) is 12.6 Å². The number of hydrogen-bond acceptors (Lipinski definition) is 3. The van der Waals surface area contributed by atoms with E-state index in [1.165, 1.54) is 11.1 Å². The Labute approximate surface area is 162 Å². The van der Waals surface area contributed by atoms with Crippen molar-refractivity contribution in [2.75, 3.05) is 33.8 Å². The van der Waals surface area contributed by atoms with E-state index >= 15 is 0 Å². The summed E-state index contributed by atoms with van der Waals surface area (Å²) >= 11 is 0. The molecule has 2 aromatic carbocycles. The lowest BCUT2D eigenvalue weighted by atomic mass is 10.0. The number of carbonyl (C=O) groups excluding carboxylic acids is 1. The van der Waals surface area contributed by atoms with Gasteiger partial charge in [-0.05, 0) is 44.6 Å². The van der Waals surface area contributed by atoms with E-state index in [2.05, 4.69) is 41.4 Å². The Bertz CT molecular complexity index is 729. The van der Waals surface area contributed by atoms with E-state index in [1.807, 2.05) is 45.3 Å². The lowest BCUT2D eigenvalue weighted by Gasteiger charge is -2.28. The zero-order valence-corrected chi connectivity index (χ0v) is 16.8. The first-order chi connectivity index (χ1) is 12.9. The van der Waals surface area contributed by atoms with Gasteiger partial charge in [0.2, 0.25) is 0 Å². The van der Waals surface area contributed by atoms with Crippen LogP contribution in [0.5, 0.6) is 0 Å². The van der Waals surface area contributed by atoms with Crippen LogP contribution in [0.25, 0.3) is 0 Å². The minimum Gasteiger partial charge on any atom is -0.395 e. The molecular weight excluding hydrogens is 338 g/mol. The molecule has 2 rings (SSSR count). The SMILES string of the molecule is Cc1ccc(C(CNC(=O)N(CCO)Cc2ccccc2C)N(C)C)cc1. The molecule has 0 radical (unpaired) electrons. The number of nitrogens with one attached hydrogen (secondary N) is 1. The third-order valence-corrected chi connectivity index (χ3v) is 4.81. The average Bonchev–Trinajstić information content (AvgIpc) is 2.64. The maximum Gasteiger partial charge on any atom is 0.317 e. The predicted octanol–water partition coefficient (Wildman–Crippen LogP) is 3.11. The fourth-order valence-corrected chi connectivity index (χ4v) is 3.05. The van der Waals surface area contributed by atoms with E-state index in [0.29, 0.717) is 19.6 Å². The van der Waals surface area contributed by atoms with E-state index in [9.17, 15) is 9.90 Å². The molecule has 0 heterocycles. The Morgan fingerprint density at radius 1 is 1.07 bits per heavy atom. The second kappa shape index (κ2) is 10.1. The number of likely N-dealkylation sites (N-methyl/N-ethyl adjacent to an activating group) is 1. The van der Waals surface area contributed by atoms with Gasteiger partial charge in [0, 0.05) is 19.6 Å². The highest BCUT2D eigenvalue weighted by Crippen LogP contribution is 2.18. The van der Waals surface area contributed by atoms with E-state index in [4.69, 9.17) is 0 Å². The quantitative estimate of drug-likeness (QED) is 0.752. The Balaban J connectivity index is 2.04. The van der Waals surface area contributed by atoms with Gasteiger partial charge in [-0.1, -0.05) is 54.1 Å². The van der Waals surface area contributed by atoms with Crippen molar-refractivity contribution in [3.05, 3.63) is 70.8 Å². The first kappa shape index (κ1) is 20.9. The Morgan fingerprint density at radius 3 is 2.33 bits per heavy atom. The summed E-state index contributed by atoms with van der Waals surface area (Å²) in [6.45, 7) is 5.32. The van der Waals surface area contributed by atoms with E-state index < -0.39 is 0 Å². The average molecular weight is 370 g/mol. The highest BCUT2D eigenvalue weighted by Gasteiger charge is 2.19. The molecule has 0 saturated carbocycles. The monoisotopic (exact) mass is 369 g/mol. The van der Waals surface area contributed by atoms with Crippen LogP contribution < -0.4 is 5.32 Å². The first-order valence-corrected chi connectivity index (χ1v) is 9.33. The molecule has 0 bridgehead atoms. The maximum absolute atomic E-state index is 12.7. The summed E-state index contributed by atoms with van der Waals surface area (Å²) in [5.74, 6) is 0. The molecule has 0 aliphatic carbocycles. The van der Waals surface area contributed by atoms with Crippen LogP contribution in [0.3, 0.4) is 0 Å². The molecule has 5 nitrogen and oxygen atoms in total. The molecule has 146 valence electrons. The minimum absolute atomic E-state index is 0.0611. The van der Waals surface area contributed by atoms with Gasteiger partial charge in [-0.25, -0.2) is 4.79 Å². The third-order valence-electron chi connectivity index (χ3n) is 4.81. The van der Waals surface area contributed by atoms with Crippen molar-refractivity contribution < 1.29 is 9.90 Å². The van der Waals surface area contributed by atoms with Crippen LogP contribution in [0.15, 0.2) is 48.5 Å². The molecule has 0 aliphatic heterocycles. The summed E-state index contributed by atoms with van der Waals surface area (Å²) in [5.41, 5.74) is 4.61. The van der Waals surface area contributed by atoms with E-state index in [-0.39, 0.29) is 18.7 Å². The van der Waals surface area contributed by atoms with Gasteiger partial charge < -0.3 is 20.2 Å². The van der Waals surface area contributed by atoms with Gasteiger partial charge in [0.1, 0.15) is 0 Å². The zero-order chi connectivity index (χ0) is 19.8. The van der Waals surface area contributed by atoms with Crippen LogP contribution in [0.2, 0.25) is 0 Å². The molecule has 0 saturated heterocycles. The van der Waals surface area contributed by atoms with Crippen molar-refractivity contribution in [1.82, 2.24) is 15.1 Å². The Morgan fingerprint density at radius 2 is 1.74 bits per heavy atom. The molecule has 27 heavy (non-hydrogen) atoms. The normalized spacial score (nSPS) is 12.1. The number of aryl methyl sites for hydroxylation is 2. The molecule has 0 spiro atoms. The zero-order valence-electron chi connectivity index (χ0n) is 16.8. The van der Waals surface area contributed by atoms with Crippen molar-refractivity contribution in [2.45, 2.75) is 26.4 Å². The molecule has 0 aliphatic rings. The molecular formula is C22H31N3O2. The highest BCUT2D eigenvalue weighted by molar-refractivity contribution is 5.74. The van der Waals surface area contributed by atoms with Crippen LogP contribution in [0.1, 0.15) is 28.3 Å². The van der Waals surface area contributed by atoms with E-state index in [0.717, 1.165) is 11.1 Å². The van der Waals surface area contributed by atoms with E-state index in [1.54, 1.807) is 4.90 Å². The second-order valence-corrected chi connectivity index (χ2v) is 7.15. The minimum atomic E-state index is -0.161. The van der Waals surface area contributed by atoms with Crippen LogP contribution in [-0.2, 0) is 6.54 Å². The van der Waals surface area contributed by atoms with Crippen molar-refractivity contribution in [2.24, 2.45) is 0 Å². The topological polar surface area (TPSA) is 55.8 Å².